The third-order valence-corrected chi connectivity index (χ3v) is 3.54. The zero-order chi connectivity index (χ0) is 17.5. The molecule has 0 aromatic heterocycles. The van der Waals surface area contributed by atoms with E-state index in [1.54, 1.807) is 6.08 Å². The van der Waals surface area contributed by atoms with Crippen molar-refractivity contribution in [3.05, 3.63) is 29.3 Å². The number of carbonyl (C=O) groups excluding carboxylic acids is 2. The second-order valence-corrected chi connectivity index (χ2v) is 5.57. The van der Waals surface area contributed by atoms with Crippen molar-refractivity contribution in [2.45, 2.75) is 33.3 Å². The highest BCUT2D eigenvalue weighted by Crippen LogP contribution is 2.35. The van der Waals surface area contributed by atoms with Crippen LogP contribution in [0.15, 0.2) is 18.2 Å². The molecule has 2 rings (SSSR count). The van der Waals surface area contributed by atoms with Gasteiger partial charge in [0.15, 0.2) is 0 Å². The maximum absolute atomic E-state index is 11.8. The van der Waals surface area contributed by atoms with Crippen LogP contribution in [0.2, 0.25) is 0 Å². The second-order valence-electron chi connectivity index (χ2n) is 5.57. The molecule has 2 N–H and O–H groups in total. The van der Waals surface area contributed by atoms with Gasteiger partial charge in [-0.2, -0.15) is 0 Å². The first kappa shape index (κ1) is 17.8. The number of amides is 2. The summed E-state index contributed by atoms with van der Waals surface area (Å²) in [6, 6.07) is 3.85. The summed E-state index contributed by atoms with van der Waals surface area (Å²) in [5, 5.41) is 5.16. The largest absolute Gasteiger partial charge is 0.493 e. The maximum Gasteiger partial charge on any atom is 0.244 e. The maximum atomic E-state index is 11.8. The van der Waals surface area contributed by atoms with Crippen molar-refractivity contribution in [3.63, 3.8) is 0 Å². The fourth-order valence-electron chi connectivity index (χ4n) is 2.52. The molecular formula is C18H24N2O4. The Morgan fingerprint density at radius 2 is 2.12 bits per heavy atom. The highest BCUT2D eigenvalue weighted by Gasteiger charge is 2.21. The lowest BCUT2D eigenvalue weighted by molar-refractivity contribution is -0.123. The van der Waals surface area contributed by atoms with Gasteiger partial charge in [0.2, 0.25) is 11.8 Å². The van der Waals surface area contributed by atoms with Crippen LogP contribution in [-0.4, -0.2) is 37.6 Å². The van der Waals surface area contributed by atoms with Gasteiger partial charge in [0.05, 0.1) is 13.2 Å². The smallest absolute Gasteiger partial charge is 0.244 e. The van der Waals surface area contributed by atoms with Gasteiger partial charge in [0.1, 0.15) is 17.6 Å². The van der Waals surface area contributed by atoms with E-state index in [4.69, 9.17) is 9.47 Å². The predicted octanol–water partition coefficient (Wildman–Crippen LogP) is 1.67. The van der Waals surface area contributed by atoms with Crippen LogP contribution in [0, 0.1) is 0 Å². The molecule has 0 saturated carbocycles. The molecule has 0 saturated heterocycles. The summed E-state index contributed by atoms with van der Waals surface area (Å²) < 4.78 is 11.4. The lowest BCUT2D eigenvalue weighted by Gasteiger charge is -2.10. The van der Waals surface area contributed by atoms with Crippen LogP contribution in [0.5, 0.6) is 11.5 Å². The molecule has 1 aliphatic rings. The van der Waals surface area contributed by atoms with Crippen LogP contribution < -0.4 is 20.1 Å². The molecule has 0 unspecified atom stereocenters. The average Bonchev–Trinajstić information content (AvgIpc) is 2.90. The number of ether oxygens (including phenoxy) is 2. The highest BCUT2D eigenvalue weighted by atomic mass is 16.5. The zero-order valence-electron chi connectivity index (χ0n) is 14.3. The van der Waals surface area contributed by atoms with Gasteiger partial charge < -0.3 is 20.1 Å². The molecule has 0 fully saturated rings. The Morgan fingerprint density at radius 3 is 2.83 bits per heavy atom. The molecule has 1 aromatic rings. The number of benzene rings is 1. The molecule has 1 atom stereocenters. The van der Waals surface area contributed by atoms with Crippen molar-refractivity contribution in [1.29, 1.82) is 0 Å². The van der Waals surface area contributed by atoms with Crippen molar-refractivity contribution in [3.8, 4) is 11.5 Å². The fraction of sp³-hybridized carbons (Fsp3) is 0.444. The summed E-state index contributed by atoms with van der Waals surface area (Å²) in [5.41, 5.74) is 1.89. The Bertz CT molecular complexity index is 640. The van der Waals surface area contributed by atoms with Crippen molar-refractivity contribution in [2.75, 3.05) is 19.7 Å². The molecule has 1 aliphatic heterocycles. The van der Waals surface area contributed by atoms with Gasteiger partial charge in [-0.15, -0.1) is 0 Å². The zero-order valence-corrected chi connectivity index (χ0v) is 14.3. The SMILES string of the molecule is CCNC(=O)CNC(=O)/C=C/c1cc2c(cc1OCC)C[C@@H](C)O2. The lowest BCUT2D eigenvalue weighted by Crippen LogP contribution is -2.35. The first-order valence-corrected chi connectivity index (χ1v) is 8.22. The molecule has 2 amide bonds. The third-order valence-electron chi connectivity index (χ3n) is 3.54. The molecule has 1 heterocycles. The Hall–Kier alpha value is -2.50. The summed E-state index contributed by atoms with van der Waals surface area (Å²) in [6.45, 7) is 6.80. The minimum Gasteiger partial charge on any atom is -0.493 e. The fourth-order valence-corrected chi connectivity index (χ4v) is 2.52. The quantitative estimate of drug-likeness (QED) is 0.745. The van der Waals surface area contributed by atoms with Crippen LogP contribution in [0.4, 0.5) is 0 Å². The summed E-state index contributed by atoms with van der Waals surface area (Å²) in [5.74, 6) is 1.00. The number of likely N-dealkylation sites (N-methyl/N-ethyl adjacent to an activating group) is 1. The summed E-state index contributed by atoms with van der Waals surface area (Å²) in [6.07, 6.45) is 4.06. The minimum absolute atomic E-state index is 0.0415. The van der Waals surface area contributed by atoms with Crippen LogP contribution in [0.25, 0.3) is 6.08 Å². The van der Waals surface area contributed by atoms with E-state index in [1.807, 2.05) is 32.9 Å². The number of nitrogens with one attached hydrogen (secondary N) is 2. The number of carbonyl (C=O) groups is 2. The summed E-state index contributed by atoms with van der Waals surface area (Å²) in [4.78, 5) is 23.2. The van der Waals surface area contributed by atoms with Gasteiger partial charge in [-0.05, 0) is 39.0 Å². The Morgan fingerprint density at radius 1 is 1.33 bits per heavy atom. The average molecular weight is 332 g/mol. The Kier molecular flexibility index (Phi) is 6.23. The van der Waals surface area contributed by atoms with Gasteiger partial charge in [0, 0.05) is 30.2 Å². The van der Waals surface area contributed by atoms with Gasteiger partial charge in [0.25, 0.3) is 0 Å². The van der Waals surface area contributed by atoms with Crippen LogP contribution >= 0.6 is 0 Å². The van der Waals surface area contributed by atoms with E-state index >= 15 is 0 Å². The van der Waals surface area contributed by atoms with Crippen molar-refractivity contribution < 1.29 is 19.1 Å². The van der Waals surface area contributed by atoms with Gasteiger partial charge in [-0.25, -0.2) is 0 Å². The van der Waals surface area contributed by atoms with E-state index in [9.17, 15) is 9.59 Å². The number of rotatable bonds is 7. The van der Waals surface area contributed by atoms with Gasteiger partial charge in [-0.1, -0.05) is 0 Å². The number of fused-ring (bicyclic) bond motifs is 1. The standard InChI is InChI=1S/C18H24N2O4/c1-4-19-18(22)11-20-17(21)7-6-13-9-16-14(8-12(3)24-16)10-15(13)23-5-2/h6-7,9-10,12H,4-5,8,11H2,1-3H3,(H,19,22)(H,20,21)/b7-6+/t12-/m1/s1. The topological polar surface area (TPSA) is 76.7 Å². The van der Waals surface area contributed by atoms with E-state index in [1.165, 1.54) is 6.08 Å². The molecule has 130 valence electrons. The predicted molar refractivity (Wildman–Crippen MR) is 92.1 cm³/mol. The molecular weight excluding hydrogens is 308 g/mol. The third kappa shape index (κ3) is 4.75. The van der Waals surface area contributed by atoms with Crippen LogP contribution in [-0.2, 0) is 16.0 Å². The summed E-state index contributed by atoms with van der Waals surface area (Å²) in [7, 11) is 0. The summed E-state index contributed by atoms with van der Waals surface area (Å²) >= 11 is 0. The molecule has 24 heavy (non-hydrogen) atoms. The first-order valence-electron chi connectivity index (χ1n) is 8.22. The molecule has 0 radical (unpaired) electrons. The van der Waals surface area contributed by atoms with E-state index in [0.29, 0.717) is 13.2 Å². The van der Waals surface area contributed by atoms with Gasteiger partial charge >= 0.3 is 0 Å². The van der Waals surface area contributed by atoms with E-state index in [0.717, 1.165) is 29.0 Å². The van der Waals surface area contributed by atoms with E-state index < -0.39 is 0 Å². The first-order chi connectivity index (χ1) is 11.5. The molecule has 0 aliphatic carbocycles. The van der Waals surface area contributed by atoms with Gasteiger partial charge in [-0.3, -0.25) is 9.59 Å². The molecule has 6 nitrogen and oxygen atoms in total. The van der Waals surface area contributed by atoms with Crippen molar-refractivity contribution in [2.24, 2.45) is 0 Å². The molecule has 6 heteroatoms. The van der Waals surface area contributed by atoms with E-state index in [2.05, 4.69) is 10.6 Å². The van der Waals surface area contributed by atoms with Crippen LogP contribution in [0.3, 0.4) is 0 Å². The van der Waals surface area contributed by atoms with Crippen molar-refractivity contribution >= 4 is 17.9 Å². The molecule has 1 aromatic carbocycles. The molecule has 0 bridgehead atoms. The van der Waals surface area contributed by atoms with Crippen molar-refractivity contribution in [1.82, 2.24) is 10.6 Å². The monoisotopic (exact) mass is 332 g/mol. The Balaban J connectivity index is 2.06. The lowest BCUT2D eigenvalue weighted by atomic mass is 10.1. The Labute approximate surface area is 142 Å². The normalized spacial score (nSPS) is 15.7. The minimum atomic E-state index is -0.335. The van der Waals surface area contributed by atoms with E-state index in [-0.39, 0.29) is 24.5 Å². The highest BCUT2D eigenvalue weighted by molar-refractivity contribution is 5.94. The second kappa shape index (κ2) is 8.38. The number of hydrogen-bond donors (Lipinski definition) is 2. The molecule has 0 spiro atoms. The number of hydrogen-bond acceptors (Lipinski definition) is 4. The van der Waals surface area contributed by atoms with Crippen LogP contribution in [0.1, 0.15) is 31.9 Å².